The number of ether oxygens (including phenoxy) is 1. The Labute approximate surface area is 102 Å². The highest BCUT2D eigenvalue weighted by molar-refractivity contribution is 5.80. The number of para-hydroxylation sites is 1. The van der Waals surface area contributed by atoms with Crippen LogP contribution in [-0.4, -0.2) is 31.0 Å². The number of likely N-dealkylation sites (N-methyl/N-ethyl adjacent to an activating group) is 1. The average molecular weight is 236 g/mol. The zero-order valence-corrected chi connectivity index (χ0v) is 10.9. The summed E-state index contributed by atoms with van der Waals surface area (Å²) < 4.78 is 5.72. The summed E-state index contributed by atoms with van der Waals surface area (Å²) >= 11 is 0. The molecule has 0 saturated heterocycles. The maximum atomic E-state index is 11.7. The van der Waals surface area contributed by atoms with E-state index in [2.05, 4.69) is 0 Å². The molecule has 0 aliphatic heterocycles. The van der Waals surface area contributed by atoms with Gasteiger partial charge in [0.25, 0.3) is 5.91 Å². The van der Waals surface area contributed by atoms with Crippen molar-refractivity contribution in [1.29, 1.82) is 0 Å². The van der Waals surface area contributed by atoms with Crippen LogP contribution in [-0.2, 0) is 11.3 Å². The molecule has 0 aliphatic rings. The van der Waals surface area contributed by atoms with Crippen molar-refractivity contribution in [2.75, 3.05) is 14.1 Å². The fourth-order valence-corrected chi connectivity index (χ4v) is 1.63. The van der Waals surface area contributed by atoms with Gasteiger partial charge in [0.05, 0.1) is 0 Å². The Kier molecular flexibility index (Phi) is 4.52. The largest absolute Gasteiger partial charge is 0.480 e. The highest BCUT2D eigenvalue weighted by Gasteiger charge is 2.18. The minimum Gasteiger partial charge on any atom is -0.480 e. The van der Waals surface area contributed by atoms with Crippen LogP contribution in [0.4, 0.5) is 0 Å². The van der Waals surface area contributed by atoms with E-state index in [1.807, 2.05) is 25.1 Å². The fraction of sp³-hybridized carbons (Fsp3) is 0.462. The first-order valence-electron chi connectivity index (χ1n) is 5.63. The highest BCUT2D eigenvalue weighted by Crippen LogP contribution is 2.24. The maximum absolute atomic E-state index is 11.7. The van der Waals surface area contributed by atoms with Crippen molar-refractivity contribution in [2.24, 2.45) is 5.73 Å². The average Bonchev–Trinajstić information content (AvgIpc) is 2.30. The molecule has 0 spiro atoms. The number of nitrogens with zero attached hydrogens (tertiary/aromatic N) is 1. The number of hydrogen-bond donors (Lipinski definition) is 1. The van der Waals surface area contributed by atoms with Gasteiger partial charge in [0.15, 0.2) is 6.10 Å². The molecule has 0 bridgehead atoms. The molecule has 0 aromatic heterocycles. The molecule has 0 saturated carbocycles. The van der Waals surface area contributed by atoms with Crippen LogP contribution in [0, 0.1) is 6.92 Å². The molecule has 17 heavy (non-hydrogen) atoms. The molecule has 2 N–H and O–H groups in total. The number of amides is 1. The quantitative estimate of drug-likeness (QED) is 0.857. The maximum Gasteiger partial charge on any atom is 0.262 e. The predicted molar refractivity (Wildman–Crippen MR) is 67.9 cm³/mol. The van der Waals surface area contributed by atoms with Crippen LogP contribution in [0.1, 0.15) is 18.1 Å². The van der Waals surface area contributed by atoms with Crippen LogP contribution in [0.5, 0.6) is 5.75 Å². The standard InChI is InChI=1S/C13H20N2O2/c1-9-6-5-7-11(8-14)12(9)17-10(2)13(16)15(3)4/h5-7,10H,8,14H2,1-4H3. The molecule has 0 fully saturated rings. The van der Waals surface area contributed by atoms with Crippen LogP contribution in [0.15, 0.2) is 18.2 Å². The fourth-order valence-electron chi connectivity index (χ4n) is 1.63. The highest BCUT2D eigenvalue weighted by atomic mass is 16.5. The predicted octanol–water partition coefficient (Wildman–Crippen LogP) is 1.31. The Morgan fingerprint density at radius 2 is 2.12 bits per heavy atom. The Balaban J connectivity index is 2.91. The van der Waals surface area contributed by atoms with Gasteiger partial charge in [-0.2, -0.15) is 0 Å². The van der Waals surface area contributed by atoms with Gasteiger partial charge in [-0.05, 0) is 19.4 Å². The zero-order chi connectivity index (χ0) is 13.0. The lowest BCUT2D eigenvalue weighted by Gasteiger charge is -2.21. The summed E-state index contributed by atoms with van der Waals surface area (Å²) in [6.07, 6.45) is -0.503. The third-order valence-electron chi connectivity index (χ3n) is 2.60. The number of aryl methyl sites for hydroxylation is 1. The summed E-state index contributed by atoms with van der Waals surface area (Å²) in [5.74, 6) is 0.661. The van der Waals surface area contributed by atoms with Crippen molar-refractivity contribution >= 4 is 5.91 Å². The summed E-state index contributed by atoms with van der Waals surface area (Å²) in [6.45, 7) is 4.09. The van der Waals surface area contributed by atoms with E-state index in [9.17, 15) is 4.79 Å². The normalized spacial score (nSPS) is 12.1. The smallest absolute Gasteiger partial charge is 0.262 e. The number of carbonyl (C=O) groups excluding carboxylic acids is 1. The van der Waals surface area contributed by atoms with Gasteiger partial charge >= 0.3 is 0 Å². The van der Waals surface area contributed by atoms with Gasteiger partial charge < -0.3 is 15.4 Å². The van der Waals surface area contributed by atoms with Crippen LogP contribution >= 0.6 is 0 Å². The van der Waals surface area contributed by atoms with Gasteiger partial charge in [-0.1, -0.05) is 18.2 Å². The molecule has 1 unspecified atom stereocenters. The summed E-state index contributed by atoms with van der Waals surface area (Å²) in [5, 5.41) is 0. The van der Waals surface area contributed by atoms with E-state index in [4.69, 9.17) is 10.5 Å². The SMILES string of the molecule is Cc1cccc(CN)c1OC(C)C(=O)N(C)C. The van der Waals surface area contributed by atoms with Gasteiger partial charge in [-0.15, -0.1) is 0 Å². The molecule has 1 rings (SSSR count). The van der Waals surface area contributed by atoms with Crippen molar-refractivity contribution in [3.05, 3.63) is 29.3 Å². The summed E-state index contributed by atoms with van der Waals surface area (Å²) in [7, 11) is 3.42. The third-order valence-corrected chi connectivity index (χ3v) is 2.60. The molecule has 1 amide bonds. The summed E-state index contributed by atoms with van der Waals surface area (Å²) in [4.78, 5) is 13.2. The molecule has 0 radical (unpaired) electrons. The minimum absolute atomic E-state index is 0.0591. The Morgan fingerprint density at radius 1 is 1.47 bits per heavy atom. The number of hydrogen-bond acceptors (Lipinski definition) is 3. The van der Waals surface area contributed by atoms with Gasteiger partial charge in [0.2, 0.25) is 0 Å². The third kappa shape index (κ3) is 3.20. The Bertz CT molecular complexity index is 402. The van der Waals surface area contributed by atoms with E-state index in [0.29, 0.717) is 6.54 Å². The van der Waals surface area contributed by atoms with E-state index in [-0.39, 0.29) is 5.91 Å². The van der Waals surface area contributed by atoms with Crippen LogP contribution in [0.3, 0.4) is 0 Å². The van der Waals surface area contributed by atoms with Gasteiger partial charge in [0, 0.05) is 26.2 Å². The lowest BCUT2D eigenvalue weighted by Crippen LogP contribution is -2.35. The van der Waals surface area contributed by atoms with Crippen molar-refractivity contribution in [1.82, 2.24) is 4.90 Å². The lowest BCUT2D eigenvalue weighted by atomic mass is 10.1. The van der Waals surface area contributed by atoms with Crippen molar-refractivity contribution < 1.29 is 9.53 Å². The van der Waals surface area contributed by atoms with Crippen LogP contribution in [0.2, 0.25) is 0 Å². The lowest BCUT2D eigenvalue weighted by molar-refractivity contribution is -0.135. The number of benzene rings is 1. The molecule has 0 aliphatic carbocycles. The first-order chi connectivity index (χ1) is 7.97. The van der Waals surface area contributed by atoms with E-state index in [1.54, 1.807) is 21.0 Å². The summed E-state index contributed by atoms with van der Waals surface area (Å²) in [5.41, 5.74) is 7.57. The summed E-state index contributed by atoms with van der Waals surface area (Å²) in [6, 6.07) is 5.79. The van der Waals surface area contributed by atoms with Crippen LogP contribution in [0.25, 0.3) is 0 Å². The Morgan fingerprint density at radius 3 is 2.65 bits per heavy atom. The Hall–Kier alpha value is -1.55. The zero-order valence-electron chi connectivity index (χ0n) is 10.9. The first-order valence-corrected chi connectivity index (χ1v) is 5.63. The molecule has 4 nitrogen and oxygen atoms in total. The molecule has 0 heterocycles. The van der Waals surface area contributed by atoms with Gasteiger partial charge in [0.1, 0.15) is 5.75 Å². The molecule has 1 atom stereocenters. The van der Waals surface area contributed by atoms with E-state index < -0.39 is 6.10 Å². The second kappa shape index (κ2) is 5.68. The van der Waals surface area contributed by atoms with Crippen molar-refractivity contribution in [2.45, 2.75) is 26.5 Å². The van der Waals surface area contributed by atoms with Crippen LogP contribution < -0.4 is 10.5 Å². The van der Waals surface area contributed by atoms with Crippen molar-refractivity contribution in [3.63, 3.8) is 0 Å². The van der Waals surface area contributed by atoms with E-state index >= 15 is 0 Å². The van der Waals surface area contributed by atoms with Crippen molar-refractivity contribution in [3.8, 4) is 5.75 Å². The molecule has 94 valence electrons. The van der Waals surface area contributed by atoms with E-state index in [0.717, 1.165) is 16.9 Å². The second-order valence-electron chi connectivity index (χ2n) is 4.26. The minimum atomic E-state index is -0.503. The van der Waals surface area contributed by atoms with E-state index in [1.165, 1.54) is 4.90 Å². The van der Waals surface area contributed by atoms with Gasteiger partial charge in [-0.3, -0.25) is 4.79 Å². The molecule has 1 aromatic carbocycles. The van der Waals surface area contributed by atoms with Gasteiger partial charge in [-0.25, -0.2) is 0 Å². The number of nitrogens with two attached hydrogens (primary N) is 1. The first kappa shape index (κ1) is 13.5. The molecular formula is C13H20N2O2. The second-order valence-corrected chi connectivity index (χ2v) is 4.26. The molecular weight excluding hydrogens is 216 g/mol. The monoisotopic (exact) mass is 236 g/mol. The molecule has 1 aromatic rings. The molecule has 4 heteroatoms. The number of carbonyl (C=O) groups is 1. The topological polar surface area (TPSA) is 55.6 Å². The number of rotatable bonds is 4.